The molecule has 3 aliphatic heterocycles. The van der Waals surface area contributed by atoms with Crippen molar-refractivity contribution in [3.05, 3.63) is 65.2 Å². The number of rotatable bonds is 9. The molecule has 1 atom stereocenters. The molecule has 2 saturated heterocycles. The van der Waals surface area contributed by atoms with E-state index >= 15 is 0 Å². The molecule has 234 valence electrons. The van der Waals surface area contributed by atoms with Gasteiger partial charge in [-0.05, 0) is 61.1 Å². The molecule has 0 radical (unpaired) electrons. The number of hydrogen-bond acceptors (Lipinski definition) is 9. The summed E-state index contributed by atoms with van der Waals surface area (Å²) in [6.45, 7) is 2.78. The van der Waals surface area contributed by atoms with Gasteiger partial charge in [0, 0.05) is 56.7 Å². The highest BCUT2D eigenvalue weighted by Gasteiger charge is 2.39. The van der Waals surface area contributed by atoms with Crippen LogP contribution in [0.2, 0.25) is 0 Å². The number of piperazine rings is 1. The number of fused-ring (bicyclic) bond motifs is 1. The second-order valence-corrected chi connectivity index (χ2v) is 11.8. The van der Waals surface area contributed by atoms with Crippen molar-refractivity contribution in [1.82, 2.24) is 25.3 Å². The third kappa shape index (κ3) is 6.31. The Morgan fingerprint density at radius 2 is 1.73 bits per heavy atom. The number of carbonyl (C=O) groups excluding carboxylic acids is 4. The van der Waals surface area contributed by atoms with Crippen molar-refractivity contribution < 1.29 is 24.3 Å². The van der Waals surface area contributed by atoms with Crippen LogP contribution < -0.4 is 16.0 Å². The molecule has 12 nitrogen and oxygen atoms in total. The molecule has 12 heteroatoms. The van der Waals surface area contributed by atoms with E-state index < -0.39 is 11.9 Å². The number of carbonyl (C=O) groups is 4. The number of unbranched alkanes of at least 4 members (excludes halogenated alkanes) is 2. The maximum atomic E-state index is 13.1. The van der Waals surface area contributed by atoms with E-state index in [4.69, 9.17) is 5.73 Å². The number of para-hydroxylation sites is 1. The number of nitrogens with one attached hydrogen (secondary N) is 1. The number of nitrogens with zero attached hydrogens (tertiary/aromatic N) is 5. The highest BCUT2D eigenvalue weighted by atomic mass is 16.3. The van der Waals surface area contributed by atoms with E-state index in [1.54, 1.807) is 29.2 Å². The molecule has 2 fully saturated rings. The number of aryl methyl sites for hydroxylation is 1. The van der Waals surface area contributed by atoms with Gasteiger partial charge in [-0.3, -0.25) is 24.5 Å². The smallest absolute Gasteiger partial charge is 0.255 e. The number of phenols is 1. The molecule has 0 aliphatic carbocycles. The molecule has 6 rings (SSSR count). The summed E-state index contributed by atoms with van der Waals surface area (Å²) in [5.41, 5.74) is 10.7. The van der Waals surface area contributed by atoms with Crippen molar-refractivity contribution >= 4 is 35.1 Å². The third-order valence-corrected chi connectivity index (χ3v) is 8.97. The summed E-state index contributed by atoms with van der Waals surface area (Å²) in [5.74, 6) is -0.294. The summed E-state index contributed by atoms with van der Waals surface area (Å²) < 4.78 is 0. The lowest BCUT2D eigenvalue weighted by atomic mass is 9.98. The van der Waals surface area contributed by atoms with Crippen LogP contribution in [0, 0.1) is 0 Å². The van der Waals surface area contributed by atoms with Crippen molar-refractivity contribution in [2.75, 3.05) is 36.8 Å². The minimum absolute atomic E-state index is 0.122. The van der Waals surface area contributed by atoms with Crippen LogP contribution >= 0.6 is 0 Å². The van der Waals surface area contributed by atoms with Crippen LogP contribution in [0.4, 0.5) is 11.5 Å². The molecule has 3 aliphatic rings. The lowest BCUT2D eigenvalue weighted by Gasteiger charge is -2.36. The molecule has 4 heterocycles. The fraction of sp³-hybridized carbons (Fsp3) is 0.394. The van der Waals surface area contributed by atoms with Crippen LogP contribution in [-0.2, 0) is 27.3 Å². The van der Waals surface area contributed by atoms with Crippen LogP contribution in [0.1, 0.15) is 60.0 Å². The van der Waals surface area contributed by atoms with E-state index in [9.17, 15) is 24.3 Å². The van der Waals surface area contributed by atoms with Crippen molar-refractivity contribution in [3.8, 4) is 17.0 Å². The summed E-state index contributed by atoms with van der Waals surface area (Å²) >= 11 is 0. The number of aromatic nitrogens is 2. The van der Waals surface area contributed by atoms with Gasteiger partial charge in [-0.15, -0.1) is 10.2 Å². The Labute approximate surface area is 261 Å². The van der Waals surface area contributed by atoms with Crippen molar-refractivity contribution in [3.63, 3.8) is 0 Å². The van der Waals surface area contributed by atoms with E-state index in [1.807, 2.05) is 29.2 Å². The van der Waals surface area contributed by atoms with Gasteiger partial charge in [-0.25, -0.2) is 0 Å². The first kappa shape index (κ1) is 30.0. The second kappa shape index (κ2) is 12.9. The molecular weight excluding hydrogens is 574 g/mol. The lowest BCUT2D eigenvalue weighted by molar-refractivity contribution is -0.137. The highest BCUT2D eigenvalue weighted by molar-refractivity contribution is 6.05. The molecule has 0 saturated carbocycles. The maximum absolute atomic E-state index is 13.1. The summed E-state index contributed by atoms with van der Waals surface area (Å²) in [4.78, 5) is 55.6. The lowest BCUT2D eigenvalue weighted by Crippen LogP contribution is -2.52. The molecule has 45 heavy (non-hydrogen) atoms. The van der Waals surface area contributed by atoms with Crippen LogP contribution in [0.15, 0.2) is 48.5 Å². The Kier molecular flexibility index (Phi) is 8.63. The Morgan fingerprint density at radius 1 is 0.956 bits per heavy atom. The van der Waals surface area contributed by atoms with Gasteiger partial charge in [0.1, 0.15) is 11.8 Å². The first-order valence-electron chi connectivity index (χ1n) is 15.5. The zero-order valence-electron chi connectivity index (χ0n) is 25.1. The normalized spacial score (nSPS) is 18.3. The molecule has 1 aromatic heterocycles. The number of hydrogen-bond donors (Lipinski definition) is 3. The summed E-state index contributed by atoms with van der Waals surface area (Å²) in [7, 11) is 0. The standard InChI is InChI=1S/C33H37N7O5/c34-31-27(19-25(36-37-31)23-9-4-5-11-28(23)41)38-15-17-39(18-16-38)30(43)12-3-1-2-7-21-8-6-10-22-24(21)20-40(33(22)45)26-13-14-29(42)35-32(26)44/h4-6,8-11,19,26,41H,1-3,7,12-18,20H2,(H2,34,37)(H,35,42,44). The molecule has 0 spiro atoms. The van der Waals surface area contributed by atoms with Crippen molar-refractivity contribution in [2.24, 2.45) is 0 Å². The van der Waals surface area contributed by atoms with Crippen LogP contribution in [0.25, 0.3) is 11.3 Å². The van der Waals surface area contributed by atoms with Gasteiger partial charge in [-0.1, -0.05) is 30.7 Å². The van der Waals surface area contributed by atoms with Gasteiger partial charge < -0.3 is 25.5 Å². The predicted molar refractivity (Wildman–Crippen MR) is 167 cm³/mol. The Morgan fingerprint density at radius 3 is 2.51 bits per heavy atom. The van der Waals surface area contributed by atoms with E-state index in [0.717, 1.165) is 42.5 Å². The number of aromatic hydroxyl groups is 1. The molecule has 3 aromatic rings. The molecule has 4 amide bonds. The van der Waals surface area contributed by atoms with E-state index in [-0.39, 0.29) is 29.9 Å². The van der Waals surface area contributed by atoms with Gasteiger partial charge in [0.25, 0.3) is 5.91 Å². The van der Waals surface area contributed by atoms with Crippen LogP contribution in [-0.4, -0.2) is 81.0 Å². The number of piperidine rings is 1. The Hall–Kier alpha value is -5.00. The first-order chi connectivity index (χ1) is 21.8. The average Bonchev–Trinajstić information content (AvgIpc) is 3.38. The van der Waals surface area contributed by atoms with Crippen LogP contribution in [0.5, 0.6) is 5.75 Å². The fourth-order valence-electron chi connectivity index (χ4n) is 6.47. The Balaban J connectivity index is 0.961. The van der Waals surface area contributed by atoms with Gasteiger partial charge >= 0.3 is 0 Å². The number of benzene rings is 2. The summed E-state index contributed by atoms with van der Waals surface area (Å²) in [6.07, 6.45) is 4.39. The zero-order valence-corrected chi connectivity index (χ0v) is 25.1. The average molecular weight is 612 g/mol. The van der Waals surface area contributed by atoms with E-state index in [2.05, 4.69) is 20.4 Å². The molecular formula is C33H37N7O5. The van der Waals surface area contributed by atoms with Gasteiger partial charge in [0.2, 0.25) is 17.7 Å². The van der Waals surface area contributed by atoms with Gasteiger partial charge in [-0.2, -0.15) is 0 Å². The third-order valence-electron chi connectivity index (χ3n) is 8.97. The summed E-state index contributed by atoms with van der Waals surface area (Å²) in [6, 6.07) is 13.9. The molecule has 4 N–H and O–H groups in total. The minimum Gasteiger partial charge on any atom is -0.507 e. The fourth-order valence-corrected chi connectivity index (χ4v) is 6.47. The largest absolute Gasteiger partial charge is 0.507 e. The molecule has 2 aromatic carbocycles. The van der Waals surface area contributed by atoms with Gasteiger partial charge in [0.15, 0.2) is 5.82 Å². The number of nitrogens with two attached hydrogens (primary N) is 1. The Bertz CT molecular complexity index is 1640. The molecule has 1 unspecified atom stereocenters. The van der Waals surface area contributed by atoms with Crippen LogP contribution in [0.3, 0.4) is 0 Å². The SMILES string of the molecule is Nc1nnc(-c2ccccc2O)cc1N1CCN(C(=O)CCCCCc2cccc3c2CN(C2CCC(=O)NC2=O)C3=O)CC1. The highest BCUT2D eigenvalue weighted by Crippen LogP contribution is 2.32. The summed E-state index contributed by atoms with van der Waals surface area (Å²) in [5, 5.41) is 20.8. The number of nitrogen functional groups attached to an aromatic ring is 1. The van der Waals surface area contributed by atoms with Crippen molar-refractivity contribution in [2.45, 2.75) is 57.5 Å². The predicted octanol–water partition coefficient (Wildman–Crippen LogP) is 2.64. The molecule has 0 bridgehead atoms. The van der Waals surface area contributed by atoms with Gasteiger partial charge in [0.05, 0.1) is 11.4 Å². The monoisotopic (exact) mass is 611 g/mol. The number of phenolic OH excluding ortho intramolecular Hbond substituents is 1. The number of anilines is 2. The van der Waals surface area contributed by atoms with E-state index in [1.165, 1.54) is 0 Å². The topological polar surface area (TPSA) is 162 Å². The second-order valence-electron chi connectivity index (χ2n) is 11.8. The minimum atomic E-state index is -0.622. The number of amides is 4. The van der Waals surface area contributed by atoms with E-state index in [0.29, 0.717) is 68.2 Å². The van der Waals surface area contributed by atoms with Crippen molar-refractivity contribution in [1.29, 1.82) is 0 Å². The zero-order chi connectivity index (χ0) is 31.5. The quantitative estimate of drug-likeness (QED) is 0.244. The number of imide groups is 1. The maximum Gasteiger partial charge on any atom is 0.255 e. The first-order valence-corrected chi connectivity index (χ1v) is 15.5.